The third-order valence-corrected chi connectivity index (χ3v) is 7.41. The lowest BCUT2D eigenvalue weighted by molar-refractivity contribution is -0.124. The van der Waals surface area contributed by atoms with Crippen LogP contribution in [0.25, 0.3) is 0 Å². The summed E-state index contributed by atoms with van der Waals surface area (Å²) in [4.78, 5) is 58.1. The van der Waals surface area contributed by atoms with Crippen molar-refractivity contribution in [2.45, 2.75) is 31.7 Å². The Bertz CT molecular complexity index is 935. The van der Waals surface area contributed by atoms with Crippen LogP contribution in [0.4, 0.5) is 5.69 Å². The van der Waals surface area contributed by atoms with E-state index in [1.807, 2.05) is 6.07 Å². The number of carbonyl (C=O) groups excluding carboxylic acids is 4. The molecule has 3 heterocycles. The van der Waals surface area contributed by atoms with Crippen LogP contribution in [0.3, 0.4) is 0 Å². The molecule has 1 N–H and O–H groups in total. The van der Waals surface area contributed by atoms with Crippen molar-refractivity contribution in [3.05, 3.63) is 29.3 Å². The highest BCUT2D eigenvalue weighted by molar-refractivity contribution is 6.25. The number of carbonyl (C=O) groups is 4. The van der Waals surface area contributed by atoms with Gasteiger partial charge < -0.3 is 19.9 Å². The largest absolute Gasteiger partial charge is 0.368 e. The van der Waals surface area contributed by atoms with E-state index in [9.17, 15) is 19.2 Å². The highest BCUT2D eigenvalue weighted by Gasteiger charge is 2.44. The van der Waals surface area contributed by atoms with Gasteiger partial charge in [0.25, 0.3) is 11.8 Å². The molecule has 3 amide bonds. The fourth-order valence-corrected chi connectivity index (χ4v) is 5.38. The van der Waals surface area contributed by atoms with Gasteiger partial charge in [0.1, 0.15) is 12.3 Å². The van der Waals surface area contributed by atoms with Gasteiger partial charge in [-0.1, -0.05) is 6.07 Å². The molecule has 1 unspecified atom stereocenters. The first-order valence-electron chi connectivity index (χ1n) is 12.3. The fraction of sp³-hybridized carbons (Fsp3) is 0.600. The van der Waals surface area contributed by atoms with Crippen LogP contribution in [0, 0.1) is 5.92 Å². The first-order chi connectivity index (χ1) is 16.4. The Kier molecular flexibility index (Phi) is 7.63. The second-order valence-corrected chi connectivity index (χ2v) is 9.59. The predicted molar refractivity (Wildman–Crippen MR) is 129 cm³/mol. The molecule has 9 heteroatoms. The summed E-state index contributed by atoms with van der Waals surface area (Å²) in [5.41, 5.74) is 1.45. The van der Waals surface area contributed by atoms with Crippen LogP contribution >= 0.6 is 0 Å². The number of likely N-dealkylation sites (N-methyl/N-ethyl adjacent to an activating group) is 1. The van der Waals surface area contributed by atoms with Crippen molar-refractivity contribution in [2.24, 2.45) is 5.92 Å². The van der Waals surface area contributed by atoms with Crippen LogP contribution in [0.1, 0.15) is 46.4 Å². The van der Waals surface area contributed by atoms with Crippen LogP contribution in [0.5, 0.6) is 0 Å². The lowest BCUT2D eigenvalue weighted by Crippen LogP contribution is -2.50. The highest BCUT2D eigenvalue weighted by atomic mass is 16.2. The van der Waals surface area contributed by atoms with Gasteiger partial charge in [-0.2, -0.15) is 0 Å². The first kappa shape index (κ1) is 24.3. The number of imide groups is 1. The number of nitrogens with zero attached hydrogens (tertiary/aromatic N) is 4. The number of likely N-dealkylation sites (tertiary alicyclic amines) is 1. The summed E-state index contributed by atoms with van der Waals surface area (Å²) >= 11 is 0. The van der Waals surface area contributed by atoms with Crippen molar-refractivity contribution in [3.8, 4) is 0 Å². The molecule has 1 atom stereocenters. The lowest BCUT2D eigenvalue weighted by atomic mass is 9.96. The molecule has 184 valence electrons. The number of anilines is 1. The molecule has 3 aliphatic heterocycles. The zero-order chi connectivity index (χ0) is 24.2. The van der Waals surface area contributed by atoms with Gasteiger partial charge in [0, 0.05) is 46.2 Å². The summed E-state index contributed by atoms with van der Waals surface area (Å²) in [5.74, 6) is -0.629. The monoisotopic (exact) mass is 469 g/mol. The Balaban J connectivity index is 1.47. The van der Waals surface area contributed by atoms with Crippen molar-refractivity contribution in [1.29, 1.82) is 0 Å². The first-order valence-corrected chi connectivity index (χ1v) is 12.3. The topological polar surface area (TPSA) is 93.3 Å². The molecule has 2 saturated heterocycles. The van der Waals surface area contributed by atoms with Gasteiger partial charge in [0.2, 0.25) is 5.91 Å². The van der Waals surface area contributed by atoms with Crippen molar-refractivity contribution < 1.29 is 19.2 Å². The van der Waals surface area contributed by atoms with Gasteiger partial charge in [0.05, 0.1) is 16.8 Å². The number of benzene rings is 1. The Hall–Kier alpha value is -2.78. The van der Waals surface area contributed by atoms with Gasteiger partial charge in [-0.25, -0.2) is 0 Å². The van der Waals surface area contributed by atoms with Crippen molar-refractivity contribution in [3.63, 3.8) is 0 Å². The molecule has 0 spiro atoms. The van der Waals surface area contributed by atoms with Crippen LogP contribution < -0.4 is 10.2 Å². The summed E-state index contributed by atoms with van der Waals surface area (Å²) in [6.45, 7) is 6.85. The SMILES string of the molecule is CNC(=O)C(CCC=O)N1C(=O)c2cccc(N3CCN(CC4CCN(C)CC4)CC3)c2C1=O. The van der Waals surface area contributed by atoms with E-state index in [2.05, 4.69) is 27.1 Å². The maximum Gasteiger partial charge on any atom is 0.264 e. The second-order valence-electron chi connectivity index (χ2n) is 9.59. The number of piperidine rings is 1. The average Bonchev–Trinajstić information content (AvgIpc) is 3.11. The van der Waals surface area contributed by atoms with Gasteiger partial charge >= 0.3 is 0 Å². The lowest BCUT2D eigenvalue weighted by Gasteiger charge is -2.39. The maximum absolute atomic E-state index is 13.4. The van der Waals surface area contributed by atoms with Crippen LogP contribution in [-0.4, -0.2) is 105 Å². The van der Waals surface area contributed by atoms with Crippen LogP contribution in [-0.2, 0) is 9.59 Å². The number of amides is 3. The molecule has 2 fully saturated rings. The molecular formula is C25H35N5O4. The molecule has 3 aliphatic rings. The van der Waals surface area contributed by atoms with Crippen LogP contribution in [0.2, 0.25) is 0 Å². The highest BCUT2D eigenvalue weighted by Crippen LogP contribution is 2.34. The third-order valence-electron chi connectivity index (χ3n) is 7.41. The number of piperazine rings is 1. The van der Waals surface area contributed by atoms with Gasteiger partial charge in [-0.05, 0) is 57.5 Å². The summed E-state index contributed by atoms with van der Waals surface area (Å²) < 4.78 is 0. The van der Waals surface area contributed by atoms with E-state index in [4.69, 9.17) is 0 Å². The predicted octanol–water partition coefficient (Wildman–Crippen LogP) is 0.840. The van der Waals surface area contributed by atoms with Gasteiger partial charge in [-0.3, -0.25) is 24.2 Å². The Morgan fingerprint density at radius 2 is 1.79 bits per heavy atom. The molecule has 34 heavy (non-hydrogen) atoms. The molecule has 4 rings (SSSR count). The van der Waals surface area contributed by atoms with E-state index in [0.717, 1.165) is 62.3 Å². The standard InChI is InChI=1S/C25H35N5O4/c1-26-23(32)21(7-4-16-31)30-24(33)19-5-3-6-20(22(19)25(30)34)29-14-12-28(13-15-29)17-18-8-10-27(2)11-9-18/h3,5-6,16,18,21H,4,7-15,17H2,1-2H3,(H,26,32). The van der Waals surface area contributed by atoms with E-state index in [1.54, 1.807) is 12.1 Å². The second kappa shape index (κ2) is 10.7. The molecule has 0 aliphatic carbocycles. The molecule has 0 radical (unpaired) electrons. The number of rotatable bonds is 8. The number of fused-ring (bicyclic) bond motifs is 1. The number of aldehydes is 1. The van der Waals surface area contributed by atoms with Crippen molar-refractivity contribution in [1.82, 2.24) is 20.0 Å². The zero-order valence-corrected chi connectivity index (χ0v) is 20.2. The van der Waals surface area contributed by atoms with E-state index in [1.165, 1.54) is 19.9 Å². The molecule has 1 aromatic rings. The van der Waals surface area contributed by atoms with E-state index >= 15 is 0 Å². The number of hydrogen-bond donors (Lipinski definition) is 1. The smallest absolute Gasteiger partial charge is 0.264 e. The van der Waals surface area contributed by atoms with E-state index in [-0.39, 0.29) is 12.8 Å². The average molecular weight is 470 g/mol. The minimum atomic E-state index is -0.998. The summed E-state index contributed by atoms with van der Waals surface area (Å²) in [6.07, 6.45) is 3.39. The minimum absolute atomic E-state index is 0.0948. The Morgan fingerprint density at radius 3 is 2.44 bits per heavy atom. The molecule has 1 aromatic carbocycles. The normalized spacial score (nSPS) is 21.0. The van der Waals surface area contributed by atoms with E-state index in [0.29, 0.717) is 17.4 Å². The van der Waals surface area contributed by atoms with Crippen LogP contribution in [0.15, 0.2) is 18.2 Å². The molecule has 0 saturated carbocycles. The maximum atomic E-state index is 13.4. The van der Waals surface area contributed by atoms with Gasteiger partial charge in [0.15, 0.2) is 0 Å². The summed E-state index contributed by atoms with van der Waals surface area (Å²) in [6, 6.07) is 4.34. The summed E-state index contributed by atoms with van der Waals surface area (Å²) in [7, 11) is 3.64. The fourth-order valence-electron chi connectivity index (χ4n) is 5.38. The number of hydrogen-bond acceptors (Lipinski definition) is 7. The number of nitrogens with one attached hydrogen (secondary N) is 1. The summed E-state index contributed by atoms with van der Waals surface area (Å²) in [5, 5.41) is 2.52. The van der Waals surface area contributed by atoms with Crippen molar-refractivity contribution in [2.75, 3.05) is 64.8 Å². The van der Waals surface area contributed by atoms with Gasteiger partial charge in [-0.15, -0.1) is 0 Å². The molecule has 9 nitrogen and oxygen atoms in total. The molecule has 0 bridgehead atoms. The quantitative estimate of drug-likeness (QED) is 0.446. The third kappa shape index (κ3) is 4.86. The van der Waals surface area contributed by atoms with E-state index < -0.39 is 23.8 Å². The zero-order valence-electron chi connectivity index (χ0n) is 20.2. The van der Waals surface area contributed by atoms with Crippen molar-refractivity contribution >= 4 is 29.7 Å². The molecular weight excluding hydrogens is 434 g/mol. The minimum Gasteiger partial charge on any atom is -0.368 e. The molecule has 0 aromatic heterocycles. The Labute approximate surface area is 201 Å². The Morgan fingerprint density at radius 1 is 1.09 bits per heavy atom.